The van der Waals surface area contributed by atoms with Crippen molar-refractivity contribution in [1.29, 1.82) is 0 Å². The summed E-state index contributed by atoms with van der Waals surface area (Å²) in [7, 11) is 0. The van der Waals surface area contributed by atoms with Crippen molar-refractivity contribution < 1.29 is 0 Å². The maximum atomic E-state index is 5.73. The Bertz CT molecular complexity index is 469. The number of aryl methyl sites for hydroxylation is 1. The zero-order chi connectivity index (χ0) is 11.4. The van der Waals surface area contributed by atoms with Crippen molar-refractivity contribution >= 4 is 11.8 Å². The second kappa shape index (κ2) is 5.14. The lowest BCUT2D eigenvalue weighted by molar-refractivity contribution is 1.02. The second-order valence-corrected chi connectivity index (χ2v) is 4.72. The molecule has 0 aliphatic rings. The molecule has 0 saturated carbocycles. The van der Waals surface area contributed by atoms with Gasteiger partial charge in [0.2, 0.25) is 0 Å². The van der Waals surface area contributed by atoms with E-state index in [2.05, 4.69) is 30.1 Å². The smallest absolute Gasteiger partial charge is 0.0279 e. The first kappa shape index (κ1) is 11.2. The van der Waals surface area contributed by atoms with Crippen LogP contribution in [-0.4, -0.2) is 4.98 Å². The van der Waals surface area contributed by atoms with Crippen molar-refractivity contribution in [2.75, 3.05) is 0 Å². The van der Waals surface area contributed by atoms with E-state index in [0.29, 0.717) is 6.54 Å². The van der Waals surface area contributed by atoms with Crippen LogP contribution >= 0.6 is 11.8 Å². The van der Waals surface area contributed by atoms with Crippen LogP contribution in [-0.2, 0) is 6.54 Å². The first-order valence-corrected chi connectivity index (χ1v) is 5.98. The van der Waals surface area contributed by atoms with Gasteiger partial charge in [-0.05, 0) is 36.2 Å². The molecule has 1 aromatic carbocycles. The van der Waals surface area contributed by atoms with Crippen LogP contribution in [0.3, 0.4) is 0 Å². The molecule has 0 radical (unpaired) electrons. The van der Waals surface area contributed by atoms with Crippen LogP contribution in [0.4, 0.5) is 0 Å². The fourth-order valence-corrected chi connectivity index (χ4v) is 2.50. The molecule has 2 nitrogen and oxygen atoms in total. The molecule has 0 aliphatic carbocycles. The van der Waals surface area contributed by atoms with Gasteiger partial charge < -0.3 is 5.73 Å². The number of nitrogens with zero attached hydrogens (tertiary/aromatic N) is 1. The predicted molar refractivity (Wildman–Crippen MR) is 67.4 cm³/mol. The summed E-state index contributed by atoms with van der Waals surface area (Å²) in [6.07, 6.45) is 3.61. The van der Waals surface area contributed by atoms with Gasteiger partial charge in [0.15, 0.2) is 0 Å². The lowest BCUT2D eigenvalue weighted by Crippen LogP contribution is -1.98. The van der Waals surface area contributed by atoms with E-state index < -0.39 is 0 Å². The Balaban J connectivity index is 2.30. The van der Waals surface area contributed by atoms with Crippen molar-refractivity contribution in [3.05, 3.63) is 53.9 Å². The second-order valence-electron chi connectivity index (χ2n) is 3.60. The van der Waals surface area contributed by atoms with Gasteiger partial charge in [-0.2, -0.15) is 0 Å². The zero-order valence-corrected chi connectivity index (χ0v) is 10.00. The quantitative estimate of drug-likeness (QED) is 0.881. The van der Waals surface area contributed by atoms with Gasteiger partial charge >= 0.3 is 0 Å². The standard InChI is InChI=1S/C13H14N2S/c1-10-2-3-11(9-14)13(8-10)16-12-4-6-15-7-5-12/h2-8H,9,14H2,1H3. The molecular formula is C13H14N2S. The lowest BCUT2D eigenvalue weighted by Gasteiger charge is -2.08. The Kier molecular flexibility index (Phi) is 3.59. The van der Waals surface area contributed by atoms with Crippen LogP contribution in [0.5, 0.6) is 0 Å². The molecule has 16 heavy (non-hydrogen) atoms. The van der Waals surface area contributed by atoms with Gasteiger partial charge in [0.05, 0.1) is 0 Å². The van der Waals surface area contributed by atoms with Gasteiger partial charge in [0.25, 0.3) is 0 Å². The van der Waals surface area contributed by atoms with Crippen LogP contribution in [0.2, 0.25) is 0 Å². The minimum absolute atomic E-state index is 0.577. The van der Waals surface area contributed by atoms with E-state index >= 15 is 0 Å². The highest BCUT2D eigenvalue weighted by molar-refractivity contribution is 7.99. The number of aromatic nitrogens is 1. The maximum Gasteiger partial charge on any atom is 0.0279 e. The van der Waals surface area contributed by atoms with E-state index in [-0.39, 0.29) is 0 Å². The normalized spacial score (nSPS) is 10.4. The van der Waals surface area contributed by atoms with Gasteiger partial charge in [-0.3, -0.25) is 4.98 Å². The summed E-state index contributed by atoms with van der Waals surface area (Å²) in [5.74, 6) is 0. The minimum atomic E-state index is 0.577. The first-order valence-electron chi connectivity index (χ1n) is 5.17. The molecule has 0 unspecified atom stereocenters. The summed E-state index contributed by atoms with van der Waals surface area (Å²) in [6, 6.07) is 10.4. The Morgan fingerprint density at radius 1 is 1.19 bits per heavy atom. The molecule has 0 saturated heterocycles. The number of nitrogens with two attached hydrogens (primary N) is 1. The molecule has 0 atom stereocenters. The van der Waals surface area contributed by atoms with Crippen LogP contribution < -0.4 is 5.73 Å². The van der Waals surface area contributed by atoms with E-state index in [0.717, 1.165) is 0 Å². The summed E-state index contributed by atoms with van der Waals surface area (Å²) in [6.45, 7) is 2.67. The van der Waals surface area contributed by atoms with E-state index in [4.69, 9.17) is 5.73 Å². The van der Waals surface area contributed by atoms with Gasteiger partial charge in [-0.25, -0.2) is 0 Å². The molecule has 0 fully saturated rings. The van der Waals surface area contributed by atoms with Crippen molar-refractivity contribution in [1.82, 2.24) is 4.98 Å². The third-order valence-corrected chi connectivity index (χ3v) is 3.43. The van der Waals surface area contributed by atoms with Crippen molar-refractivity contribution in [3.63, 3.8) is 0 Å². The molecule has 1 heterocycles. The molecule has 2 rings (SSSR count). The van der Waals surface area contributed by atoms with Crippen LogP contribution in [0, 0.1) is 6.92 Å². The van der Waals surface area contributed by atoms with Gasteiger partial charge in [-0.1, -0.05) is 23.9 Å². The van der Waals surface area contributed by atoms with Crippen LogP contribution in [0.15, 0.2) is 52.5 Å². The number of hydrogen-bond acceptors (Lipinski definition) is 3. The minimum Gasteiger partial charge on any atom is -0.326 e. The molecule has 2 N–H and O–H groups in total. The van der Waals surface area contributed by atoms with Gasteiger partial charge in [0, 0.05) is 28.7 Å². The molecule has 0 spiro atoms. The molecule has 0 amide bonds. The topological polar surface area (TPSA) is 38.9 Å². The zero-order valence-electron chi connectivity index (χ0n) is 9.18. The van der Waals surface area contributed by atoms with Crippen LogP contribution in [0.1, 0.15) is 11.1 Å². The Labute approximate surface area is 99.9 Å². The van der Waals surface area contributed by atoms with E-state index in [9.17, 15) is 0 Å². The Morgan fingerprint density at radius 2 is 1.94 bits per heavy atom. The number of hydrogen-bond donors (Lipinski definition) is 1. The molecule has 82 valence electrons. The van der Waals surface area contributed by atoms with Gasteiger partial charge in [-0.15, -0.1) is 0 Å². The third-order valence-electron chi connectivity index (χ3n) is 2.32. The highest BCUT2D eigenvalue weighted by atomic mass is 32.2. The summed E-state index contributed by atoms with van der Waals surface area (Å²) < 4.78 is 0. The fourth-order valence-electron chi connectivity index (χ4n) is 1.46. The van der Waals surface area contributed by atoms with Crippen molar-refractivity contribution in [2.24, 2.45) is 5.73 Å². The molecule has 0 aliphatic heterocycles. The SMILES string of the molecule is Cc1ccc(CN)c(Sc2ccncc2)c1. The van der Waals surface area contributed by atoms with Gasteiger partial charge in [0.1, 0.15) is 0 Å². The summed E-state index contributed by atoms with van der Waals surface area (Å²) in [4.78, 5) is 6.43. The molecule has 2 aromatic rings. The number of pyridine rings is 1. The Hall–Kier alpha value is -1.32. The fraction of sp³-hybridized carbons (Fsp3) is 0.154. The molecule has 0 bridgehead atoms. The molecular weight excluding hydrogens is 216 g/mol. The monoisotopic (exact) mass is 230 g/mol. The average molecular weight is 230 g/mol. The average Bonchev–Trinajstić information content (AvgIpc) is 2.31. The maximum absolute atomic E-state index is 5.73. The third kappa shape index (κ3) is 2.62. The van der Waals surface area contributed by atoms with E-state index in [1.165, 1.54) is 20.9 Å². The predicted octanol–water partition coefficient (Wildman–Crippen LogP) is 3.00. The van der Waals surface area contributed by atoms with E-state index in [1.807, 2.05) is 12.1 Å². The van der Waals surface area contributed by atoms with E-state index in [1.54, 1.807) is 24.2 Å². The lowest BCUT2D eigenvalue weighted by atomic mass is 10.1. The molecule has 3 heteroatoms. The first-order chi connectivity index (χ1) is 7.79. The summed E-state index contributed by atoms with van der Waals surface area (Å²) in [5.41, 5.74) is 8.17. The summed E-state index contributed by atoms with van der Waals surface area (Å²) >= 11 is 1.73. The Morgan fingerprint density at radius 3 is 2.62 bits per heavy atom. The number of benzene rings is 1. The highest BCUT2D eigenvalue weighted by Gasteiger charge is 2.03. The molecule has 1 aromatic heterocycles. The highest BCUT2D eigenvalue weighted by Crippen LogP contribution is 2.30. The number of rotatable bonds is 3. The largest absolute Gasteiger partial charge is 0.326 e. The van der Waals surface area contributed by atoms with Crippen LogP contribution in [0.25, 0.3) is 0 Å². The van der Waals surface area contributed by atoms with Crippen molar-refractivity contribution in [2.45, 2.75) is 23.3 Å². The van der Waals surface area contributed by atoms with Crippen molar-refractivity contribution in [3.8, 4) is 0 Å². The summed E-state index contributed by atoms with van der Waals surface area (Å²) in [5, 5.41) is 0.